The number of aromatic amines is 2. The molecule has 9 aromatic rings. The van der Waals surface area contributed by atoms with Gasteiger partial charge in [-0.25, -0.2) is 28.7 Å². The van der Waals surface area contributed by atoms with E-state index in [0.717, 1.165) is 24.4 Å². The number of methoxy groups -OCH3 is 2. The van der Waals surface area contributed by atoms with Crippen LogP contribution in [0.4, 0.5) is 20.4 Å². The molecule has 1 fully saturated rings. The first-order valence-corrected chi connectivity index (χ1v) is 19.5. The van der Waals surface area contributed by atoms with Crippen molar-refractivity contribution in [3.8, 4) is 33.8 Å². The van der Waals surface area contributed by atoms with Crippen LogP contribution in [0.5, 0.6) is 11.5 Å². The smallest absolute Gasteiger partial charge is 0.175 e. The fourth-order valence-electron chi connectivity index (χ4n) is 8.16. The Morgan fingerprint density at radius 1 is 0.701 bits per heavy atom. The Morgan fingerprint density at radius 3 is 1.58 bits per heavy atom. The van der Waals surface area contributed by atoms with E-state index >= 15 is 8.78 Å². The maximum absolute atomic E-state index is 16.2. The number of hydrogen-bond acceptors (Lipinski definition) is 12. The van der Waals surface area contributed by atoms with E-state index in [1.165, 1.54) is 14.2 Å². The second-order valence-corrected chi connectivity index (χ2v) is 15.4. The number of fused-ring (bicyclic) bond motifs is 6. The minimum absolute atomic E-state index is 0. The molecule has 67 heavy (non-hydrogen) atoms. The predicted octanol–water partition coefficient (Wildman–Crippen LogP) is 10.3. The zero-order chi connectivity index (χ0) is 42.5. The van der Waals surface area contributed by atoms with E-state index < -0.39 is 11.6 Å². The number of nitrogens with one attached hydrogen (secondary N) is 2. The maximum atomic E-state index is 16.2. The first-order valence-electron chi connectivity index (χ1n) is 19.1. The molecule has 0 aliphatic heterocycles. The summed E-state index contributed by atoms with van der Waals surface area (Å²) in [6.07, 6.45) is 2.33. The van der Waals surface area contributed by atoms with Crippen LogP contribution in [0.25, 0.3) is 66.1 Å². The van der Waals surface area contributed by atoms with Crippen molar-refractivity contribution in [2.45, 2.75) is 67.7 Å². The standard InChI is InChI=1S/C25H26FN7O2.C17H14ClFN4O2.CH4.Pd.5Y/c1-11-19(12(2)35-31-11)15-9-17-20(22(26)23(15)34-6)21-24(29-17)27-13(3)28-25(21)32(4)18-10-16(14-7-8-14)30-33(18)5;1-6-11(7(2)25-23-6)9-5-10-12(14(19)15(9)24-4)13-16(18)20-8(3)21-17(13)22-10;;;;;;;/h9-10,14H,7-8H2,1-6H3,(H,27,28,29);5H,1-4H3,(H,20,21,22);1H4;;;;;;. The van der Waals surface area contributed by atoms with Gasteiger partial charge in [0, 0.05) is 221 Å². The van der Waals surface area contributed by atoms with E-state index in [0.29, 0.717) is 112 Å². The van der Waals surface area contributed by atoms with E-state index in [9.17, 15) is 0 Å². The molecule has 0 spiro atoms. The number of aryl methyl sites for hydroxylation is 7. The molecule has 7 aromatic heterocycles. The zero-order valence-corrected chi connectivity index (χ0v) is 54.2. The summed E-state index contributed by atoms with van der Waals surface area (Å²) >= 11 is 6.24. The SMILES string of the molecule is C.COc1c(-c2c(C)noc2C)cc2[nH]c3nc(C)nc(Cl)c3c2c1F.COc1c(-c2c(C)noc2C)cc2[nH]c3nc(C)nc(N(C)c4cc(C5CC5)nn4C)c3c2c1F.[Pd].[Y].[Y].[Y].[Y].[Y]. The number of halogens is 3. The molecule has 0 atom stereocenters. The van der Waals surface area contributed by atoms with Crippen molar-refractivity contribution in [3.05, 3.63) is 75.2 Å². The van der Waals surface area contributed by atoms with Gasteiger partial charge in [-0.15, -0.1) is 0 Å². The number of aromatic nitrogens is 10. The third kappa shape index (κ3) is 11.4. The number of anilines is 2. The van der Waals surface area contributed by atoms with E-state index in [1.807, 2.05) is 43.6 Å². The summed E-state index contributed by atoms with van der Waals surface area (Å²) in [5.74, 6) is 3.44. The van der Waals surface area contributed by atoms with Crippen LogP contribution in [0.1, 0.15) is 66.4 Å². The number of ether oxygens (including phenoxy) is 2. The molecule has 1 aliphatic carbocycles. The molecule has 7 heterocycles. The average molecular weight is 1400 g/mol. The van der Waals surface area contributed by atoms with Crippen LogP contribution in [0.3, 0.4) is 0 Å². The Morgan fingerprint density at radius 2 is 1.15 bits per heavy atom. The number of benzene rings is 2. The molecule has 1 saturated carbocycles. The average Bonchev–Trinajstić information content (AvgIpc) is 3.39. The first-order chi connectivity index (χ1) is 28.7. The van der Waals surface area contributed by atoms with E-state index in [-0.39, 0.29) is 208 Å². The third-order valence-corrected chi connectivity index (χ3v) is 11.2. The second kappa shape index (κ2) is 25.0. The molecule has 1 aliphatic rings. The summed E-state index contributed by atoms with van der Waals surface area (Å²) in [4.78, 5) is 26.1. The molecule has 24 heteroatoms. The number of hydrogen-bond donors (Lipinski definition) is 2. The summed E-state index contributed by atoms with van der Waals surface area (Å²) in [6.45, 7) is 10.7. The number of H-pyrrole nitrogens is 2. The Balaban J connectivity index is 0.000000434. The van der Waals surface area contributed by atoms with Gasteiger partial charge in [0.25, 0.3) is 0 Å². The van der Waals surface area contributed by atoms with Crippen molar-refractivity contribution in [3.63, 3.8) is 0 Å². The van der Waals surface area contributed by atoms with Crippen LogP contribution in [-0.2, 0) is 191 Å². The monoisotopic (exact) mass is 1400 g/mol. The largest absolute Gasteiger partial charge is 0.493 e. The van der Waals surface area contributed by atoms with Gasteiger partial charge >= 0.3 is 0 Å². The summed E-state index contributed by atoms with van der Waals surface area (Å²) in [7, 11) is 6.71. The van der Waals surface area contributed by atoms with Crippen molar-refractivity contribution in [1.29, 1.82) is 0 Å². The van der Waals surface area contributed by atoms with Gasteiger partial charge in [0.05, 0.1) is 75.0 Å². The van der Waals surface area contributed by atoms with Crippen molar-refractivity contribution in [2.75, 3.05) is 26.2 Å². The van der Waals surface area contributed by atoms with Crippen LogP contribution in [0, 0.1) is 53.2 Å². The first kappa shape index (κ1) is 62.7. The van der Waals surface area contributed by atoms with Crippen molar-refractivity contribution >= 4 is 67.1 Å². The van der Waals surface area contributed by atoms with Crippen LogP contribution in [-0.4, -0.2) is 71.3 Å². The molecule has 0 amide bonds. The quantitative estimate of drug-likeness (QED) is 0.114. The third-order valence-electron chi connectivity index (χ3n) is 11.0. The predicted molar refractivity (Wildman–Crippen MR) is 230 cm³/mol. The Kier molecular flexibility index (Phi) is 23.4. The van der Waals surface area contributed by atoms with Crippen LogP contribution in [0.15, 0.2) is 27.2 Å². The van der Waals surface area contributed by atoms with Crippen molar-refractivity contribution in [2.24, 2.45) is 7.05 Å². The van der Waals surface area contributed by atoms with Crippen LogP contribution < -0.4 is 14.4 Å². The second-order valence-electron chi connectivity index (χ2n) is 15.0. The summed E-state index contributed by atoms with van der Waals surface area (Å²) < 4.78 is 54.8. The summed E-state index contributed by atoms with van der Waals surface area (Å²) in [5, 5.41) is 14.5. The molecule has 15 nitrogen and oxygen atoms in total. The fraction of sp³-hybridized carbons (Fsp3) is 0.326. The Hall–Kier alpha value is -0.438. The fourth-order valence-corrected chi connectivity index (χ4v) is 8.47. The number of nitrogens with zero attached hydrogens (tertiary/aromatic N) is 9. The summed E-state index contributed by atoms with van der Waals surface area (Å²) in [5.41, 5.74) is 7.09. The summed E-state index contributed by atoms with van der Waals surface area (Å²) in [6, 6.07) is 5.74. The van der Waals surface area contributed by atoms with E-state index in [2.05, 4.69) is 46.4 Å². The van der Waals surface area contributed by atoms with E-state index in [4.69, 9.17) is 35.1 Å². The normalized spacial score (nSPS) is 11.5. The van der Waals surface area contributed by atoms with Gasteiger partial charge < -0.3 is 33.4 Å². The van der Waals surface area contributed by atoms with Gasteiger partial charge in [-0.2, -0.15) is 5.10 Å². The van der Waals surface area contributed by atoms with Gasteiger partial charge in [-0.05, 0) is 66.5 Å². The topological polar surface area (TPSA) is 175 Å². The van der Waals surface area contributed by atoms with Gasteiger partial charge in [0.1, 0.15) is 51.3 Å². The van der Waals surface area contributed by atoms with Gasteiger partial charge in [-0.1, -0.05) is 29.3 Å². The van der Waals surface area contributed by atoms with Gasteiger partial charge in [0.2, 0.25) is 0 Å². The van der Waals surface area contributed by atoms with Gasteiger partial charge in [-0.3, -0.25) is 4.68 Å². The molecular weight excluding hydrogens is 1360 g/mol. The molecule has 0 saturated heterocycles. The minimum Gasteiger partial charge on any atom is -0.493 e. The maximum Gasteiger partial charge on any atom is 0.175 e. The molecular formula is C43H44ClF2N11O4PdY5. The molecule has 0 bridgehead atoms. The van der Waals surface area contributed by atoms with Crippen LogP contribution >= 0.6 is 11.6 Å². The Bertz CT molecular complexity index is 3190. The van der Waals surface area contributed by atoms with Crippen LogP contribution in [0.2, 0.25) is 5.15 Å². The van der Waals surface area contributed by atoms with E-state index in [1.54, 1.807) is 33.8 Å². The molecule has 2 N–H and O–H groups in total. The van der Waals surface area contributed by atoms with Crippen molar-refractivity contribution < 1.29 is 211 Å². The van der Waals surface area contributed by atoms with Crippen molar-refractivity contribution in [1.82, 2.24) is 50.0 Å². The molecule has 5 radical (unpaired) electrons. The van der Waals surface area contributed by atoms with Gasteiger partial charge in [0.15, 0.2) is 23.1 Å². The Labute approximate surface area is 530 Å². The molecule has 341 valence electrons. The molecule has 2 aromatic carbocycles. The molecule has 10 rings (SSSR count). The minimum atomic E-state index is -0.532. The number of rotatable bonds is 7. The zero-order valence-electron chi connectivity index (χ0n) is 37.7. The molecule has 0 unspecified atom stereocenters.